The molecule has 0 saturated heterocycles. The summed E-state index contributed by atoms with van der Waals surface area (Å²) in [5, 5.41) is 17.3. The Morgan fingerprint density at radius 3 is 3.08 bits per heavy atom. The van der Waals surface area contributed by atoms with Gasteiger partial charge in [-0.25, -0.2) is 0 Å². The Kier molecular flexibility index (Phi) is 1.26. The number of aromatic nitrogens is 3. The van der Waals surface area contributed by atoms with Crippen LogP contribution in [0, 0.1) is 10.1 Å². The van der Waals surface area contributed by atoms with Crippen molar-refractivity contribution in [1.29, 1.82) is 0 Å². The molecule has 0 saturated carbocycles. The predicted octanol–water partition coefficient (Wildman–Crippen LogP) is 0.637. The van der Waals surface area contributed by atoms with Crippen LogP contribution in [0.2, 0.25) is 0 Å². The molecule has 0 atom stereocenters. The van der Waals surface area contributed by atoms with Crippen molar-refractivity contribution in [2.24, 2.45) is 0 Å². The first kappa shape index (κ1) is 6.71. The maximum Gasteiger partial charge on any atom is 0.418 e. The summed E-state index contributed by atoms with van der Waals surface area (Å²) < 4.78 is 1.36. The van der Waals surface area contributed by atoms with E-state index in [4.69, 9.17) is 0 Å². The minimum absolute atomic E-state index is 0.212. The van der Waals surface area contributed by atoms with Gasteiger partial charge in [-0.05, 0) is 17.1 Å². The van der Waals surface area contributed by atoms with Gasteiger partial charge in [0.05, 0.1) is 5.21 Å². The van der Waals surface area contributed by atoms with Gasteiger partial charge in [-0.15, -0.1) is 0 Å². The number of pyridine rings is 1. The summed E-state index contributed by atoms with van der Waals surface area (Å²) in [6, 6.07) is 5.02. The van der Waals surface area contributed by atoms with Crippen LogP contribution in [0.3, 0.4) is 0 Å². The Hall–Kier alpha value is -1.98. The summed E-state index contributed by atoms with van der Waals surface area (Å²) in [4.78, 5) is 9.81. The topological polar surface area (TPSA) is 73.3 Å². The van der Waals surface area contributed by atoms with Crippen molar-refractivity contribution in [3.8, 4) is 0 Å². The minimum atomic E-state index is -0.553. The SMILES string of the molecule is O=[N+]([O-])c1nnn2ccccc12. The molecule has 2 heterocycles. The smallest absolute Gasteiger partial charge is 0.358 e. The molecular weight excluding hydrogens is 160 g/mol. The average molecular weight is 164 g/mol. The molecule has 6 nitrogen and oxygen atoms in total. The molecule has 0 spiro atoms. The van der Waals surface area contributed by atoms with Gasteiger partial charge in [0, 0.05) is 6.20 Å². The summed E-state index contributed by atoms with van der Waals surface area (Å²) >= 11 is 0. The standard InChI is InChI=1S/C6H4N4O2/c11-10(12)6-5-3-1-2-4-9(5)8-7-6/h1-4H. The molecule has 0 fully saturated rings. The molecule has 2 aromatic heterocycles. The third-order valence-electron chi connectivity index (χ3n) is 1.48. The summed E-state index contributed by atoms with van der Waals surface area (Å²) in [6.45, 7) is 0. The van der Waals surface area contributed by atoms with Crippen LogP contribution in [0.25, 0.3) is 5.52 Å². The van der Waals surface area contributed by atoms with Crippen LogP contribution in [0.15, 0.2) is 24.4 Å². The summed E-state index contributed by atoms with van der Waals surface area (Å²) in [5.74, 6) is -0.212. The summed E-state index contributed by atoms with van der Waals surface area (Å²) in [7, 11) is 0. The Labute approximate surface area is 66.6 Å². The van der Waals surface area contributed by atoms with Gasteiger partial charge in [-0.3, -0.25) is 0 Å². The lowest BCUT2D eigenvalue weighted by atomic mass is 10.4. The second-order valence-electron chi connectivity index (χ2n) is 2.20. The largest absolute Gasteiger partial charge is 0.418 e. The number of hydrogen-bond acceptors (Lipinski definition) is 4. The van der Waals surface area contributed by atoms with Gasteiger partial charge in [0.15, 0.2) is 5.52 Å². The zero-order chi connectivity index (χ0) is 8.55. The fourth-order valence-corrected chi connectivity index (χ4v) is 0.961. The van der Waals surface area contributed by atoms with Crippen molar-refractivity contribution >= 4 is 11.3 Å². The molecular formula is C6H4N4O2. The van der Waals surface area contributed by atoms with Gasteiger partial charge in [-0.2, -0.15) is 4.52 Å². The highest BCUT2D eigenvalue weighted by Crippen LogP contribution is 2.13. The molecule has 12 heavy (non-hydrogen) atoms. The van der Waals surface area contributed by atoms with Crippen LogP contribution in [-0.4, -0.2) is 19.8 Å². The summed E-state index contributed by atoms with van der Waals surface area (Å²) in [6.07, 6.45) is 1.61. The molecule has 0 bridgehead atoms. The monoisotopic (exact) mass is 164 g/mol. The molecule has 6 heteroatoms. The first-order chi connectivity index (χ1) is 5.79. The molecule has 0 aromatic carbocycles. The highest BCUT2D eigenvalue weighted by Gasteiger charge is 2.15. The second-order valence-corrected chi connectivity index (χ2v) is 2.20. The van der Waals surface area contributed by atoms with Crippen molar-refractivity contribution in [3.05, 3.63) is 34.5 Å². The minimum Gasteiger partial charge on any atom is -0.358 e. The molecule has 0 aliphatic heterocycles. The van der Waals surface area contributed by atoms with Crippen LogP contribution in [0.5, 0.6) is 0 Å². The predicted molar refractivity (Wildman–Crippen MR) is 39.6 cm³/mol. The van der Waals surface area contributed by atoms with Crippen molar-refractivity contribution in [2.45, 2.75) is 0 Å². The van der Waals surface area contributed by atoms with Crippen molar-refractivity contribution < 1.29 is 4.92 Å². The van der Waals surface area contributed by atoms with E-state index in [1.807, 2.05) is 0 Å². The van der Waals surface area contributed by atoms with Crippen LogP contribution in [0.4, 0.5) is 5.82 Å². The molecule has 2 rings (SSSR count). The molecule has 0 amide bonds. The molecule has 0 radical (unpaired) electrons. The number of nitrogens with zero attached hydrogens (tertiary/aromatic N) is 4. The van der Waals surface area contributed by atoms with E-state index in [0.29, 0.717) is 5.52 Å². The lowest BCUT2D eigenvalue weighted by molar-refractivity contribution is -0.387. The zero-order valence-corrected chi connectivity index (χ0v) is 5.91. The van der Waals surface area contributed by atoms with Gasteiger partial charge in [0.25, 0.3) is 0 Å². The highest BCUT2D eigenvalue weighted by atomic mass is 16.6. The van der Waals surface area contributed by atoms with Crippen LogP contribution < -0.4 is 0 Å². The quantitative estimate of drug-likeness (QED) is 0.457. The van der Waals surface area contributed by atoms with E-state index in [-0.39, 0.29) is 5.82 Å². The third-order valence-corrected chi connectivity index (χ3v) is 1.48. The first-order valence-electron chi connectivity index (χ1n) is 3.23. The molecule has 0 aliphatic carbocycles. The van der Waals surface area contributed by atoms with E-state index >= 15 is 0 Å². The molecule has 0 aliphatic rings. The van der Waals surface area contributed by atoms with E-state index in [1.54, 1.807) is 24.4 Å². The number of fused-ring (bicyclic) bond motifs is 1. The van der Waals surface area contributed by atoms with Gasteiger partial charge in [0.2, 0.25) is 0 Å². The number of nitro groups is 1. The lowest BCUT2D eigenvalue weighted by Crippen LogP contribution is -1.88. The average Bonchev–Trinajstić information content (AvgIpc) is 2.47. The fraction of sp³-hybridized carbons (Fsp3) is 0. The Morgan fingerprint density at radius 2 is 2.33 bits per heavy atom. The Balaban J connectivity index is 2.79. The highest BCUT2D eigenvalue weighted by molar-refractivity contribution is 5.59. The van der Waals surface area contributed by atoms with E-state index in [0.717, 1.165) is 0 Å². The van der Waals surface area contributed by atoms with Gasteiger partial charge in [-0.1, -0.05) is 6.07 Å². The van der Waals surface area contributed by atoms with Crippen LogP contribution in [0.1, 0.15) is 0 Å². The summed E-state index contributed by atoms with van der Waals surface area (Å²) in [5.41, 5.74) is 0.405. The van der Waals surface area contributed by atoms with Gasteiger partial charge < -0.3 is 10.1 Å². The van der Waals surface area contributed by atoms with E-state index in [9.17, 15) is 10.1 Å². The molecule has 2 aromatic rings. The van der Waals surface area contributed by atoms with Crippen LogP contribution >= 0.6 is 0 Å². The molecule has 0 N–H and O–H groups in total. The Morgan fingerprint density at radius 1 is 1.50 bits per heavy atom. The molecule has 60 valence electrons. The van der Waals surface area contributed by atoms with Crippen molar-refractivity contribution in [3.63, 3.8) is 0 Å². The number of rotatable bonds is 1. The maximum atomic E-state index is 10.4. The number of hydrogen-bond donors (Lipinski definition) is 0. The van der Waals surface area contributed by atoms with Gasteiger partial charge >= 0.3 is 5.82 Å². The fourth-order valence-electron chi connectivity index (χ4n) is 0.961. The van der Waals surface area contributed by atoms with E-state index in [1.165, 1.54) is 4.52 Å². The van der Waals surface area contributed by atoms with E-state index in [2.05, 4.69) is 10.3 Å². The lowest BCUT2D eigenvalue weighted by Gasteiger charge is -1.87. The third kappa shape index (κ3) is 0.815. The van der Waals surface area contributed by atoms with Crippen molar-refractivity contribution in [1.82, 2.24) is 14.8 Å². The van der Waals surface area contributed by atoms with Crippen LogP contribution in [-0.2, 0) is 0 Å². The second kappa shape index (κ2) is 2.26. The van der Waals surface area contributed by atoms with Crippen molar-refractivity contribution in [2.75, 3.05) is 0 Å². The normalized spacial score (nSPS) is 10.3. The van der Waals surface area contributed by atoms with Gasteiger partial charge in [0.1, 0.15) is 5.10 Å². The zero-order valence-electron chi connectivity index (χ0n) is 5.91. The first-order valence-corrected chi connectivity index (χ1v) is 3.23. The van der Waals surface area contributed by atoms with E-state index < -0.39 is 4.92 Å². The Bertz CT molecular complexity index is 436. The maximum absolute atomic E-state index is 10.4. The molecule has 0 unspecified atom stereocenters.